The molecule has 0 spiro atoms. The highest BCUT2D eigenvalue weighted by Crippen LogP contribution is 2.34. The number of aromatic nitrogens is 2. The first-order valence-corrected chi connectivity index (χ1v) is 10.8. The van der Waals surface area contributed by atoms with E-state index in [0.29, 0.717) is 10.7 Å². The molecule has 156 valence electrons. The van der Waals surface area contributed by atoms with Crippen LogP contribution < -0.4 is 9.46 Å². The third-order valence-corrected chi connectivity index (χ3v) is 5.66. The van der Waals surface area contributed by atoms with Crippen molar-refractivity contribution in [3.8, 4) is 17.0 Å². The summed E-state index contributed by atoms with van der Waals surface area (Å²) in [7, 11) is 0.223. The van der Waals surface area contributed by atoms with Crippen LogP contribution in [-0.2, 0) is 11.0 Å². The molecule has 0 saturated heterocycles. The van der Waals surface area contributed by atoms with Crippen LogP contribution in [0.3, 0.4) is 0 Å². The Kier molecular flexibility index (Phi) is 6.84. The third-order valence-electron chi connectivity index (χ3n) is 4.58. The second-order valence-electron chi connectivity index (χ2n) is 6.43. The minimum atomic E-state index is -1.45. The highest BCUT2D eigenvalue weighted by molar-refractivity contribution is 7.86. The molecule has 0 amide bonds. The molecule has 7 heteroatoms. The molecule has 4 rings (SSSR count). The third kappa shape index (κ3) is 4.36. The Morgan fingerprint density at radius 3 is 2.53 bits per heavy atom. The van der Waals surface area contributed by atoms with Crippen molar-refractivity contribution in [3.05, 3.63) is 66.1 Å². The van der Waals surface area contributed by atoms with Gasteiger partial charge in [-0.2, -0.15) is 0 Å². The Bertz CT molecular complexity index is 1170. The summed E-state index contributed by atoms with van der Waals surface area (Å²) < 4.78 is 25.6. The molecular weight excluding hydrogens is 398 g/mol. The van der Waals surface area contributed by atoms with E-state index < -0.39 is 11.0 Å². The number of ether oxygens (including phenoxy) is 1. The number of hydrogen-bond donors (Lipinski definition) is 1. The smallest absolute Gasteiger partial charge is 0.181 e. The fraction of sp³-hybridized carbons (Fsp3) is 0.217. The fourth-order valence-corrected chi connectivity index (χ4v) is 4.05. The van der Waals surface area contributed by atoms with Gasteiger partial charge in [0.1, 0.15) is 12.0 Å². The summed E-state index contributed by atoms with van der Waals surface area (Å²) in [5.74, 6) is 1.25. The van der Waals surface area contributed by atoms with Crippen molar-refractivity contribution < 1.29 is 13.5 Å². The van der Waals surface area contributed by atoms with E-state index in [-0.39, 0.29) is 0 Å². The van der Waals surface area contributed by atoms with Crippen LogP contribution in [0.1, 0.15) is 25.0 Å². The van der Waals surface area contributed by atoms with E-state index >= 15 is 0 Å². The number of anilines is 1. The molecule has 1 unspecified atom stereocenters. The number of benzene rings is 2. The van der Waals surface area contributed by atoms with Gasteiger partial charge in [0.05, 0.1) is 17.7 Å². The maximum atomic E-state index is 12.6. The molecule has 0 aliphatic carbocycles. The van der Waals surface area contributed by atoms with Crippen molar-refractivity contribution in [1.82, 2.24) is 10.1 Å². The number of nitrogens with zero attached hydrogens (tertiary/aromatic N) is 2. The van der Waals surface area contributed by atoms with Gasteiger partial charge in [-0.1, -0.05) is 31.1 Å². The van der Waals surface area contributed by atoms with Crippen molar-refractivity contribution in [2.45, 2.75) is 32.6 Å². The zero-order valence-electron chi connectivity index (χ0n) is 17.7. The first-order chi connectivity index (χ1) is 14.6. The molecule has 6 nitrogen and oxygen atoms in total. The molecule has 0 aliphatic rings. The number of aryl methyl sites for hydroxylation is 2. The SMILES string of the molecule is CC.COc1cc(-c2nccc3cc(S(=O)Nc4ccon4)ccc23)c(C)cc1C. The minimum absolute atomic E-state index is 0.427. The monoisotopic (exact) mass is 423 g/mol. The van der Waals surface area contributed by atoms with Crippen molar-refractivity contribution in [1.29, 1.82) is 0 Å². The van der Waals surface area contributed by atoms with Gasteiger partial charge in [-0.15, -0.1) is 0 Å². The van der Waals surface area contributed by atoms with Gasteiger partial charge in [-0.3, -0.25) is 9.71 Å². The lowest BCUT2D eigenvalue weighted by molar-refractivity contribution is 0.412. The van der Waals surface area contributed by atoms with E-state index in [4.69, 9.17) is 9.26 Å². The number of rotatable bonds is 5. The predicted molar refractivity (Wildman–Crippen MR) is 121 cm³/mol. The molecule has 2 heterocycles. The highest BCUT2D eigenvalue weighted by Gasteiger charge is 2.13. The summed E-state index contributed by atoms with van der Waals surface area (Å²) in [6.45, 7) is 8.09. The molecule has 0 bridgehead atoms. The summed E-state index contributed by atoms with van der Waals surface area (Å²) in [5, 5.41) is 5.67. The molecule has 0 saturated carbocycles. The highest BCUT2D eigenvalue weighted by atomic mass is 32.2. The average Bonchev–Trinajstić information content (AvgIpc) is 3.27. The van der Waals surface area contributed by atoms with Gasteiger partial charge in [0.2, 0.25) is 0 Å². The van der Waals surface area contributed by atoms with Crippen LogP contribution in [0.15, 0.2) is 64.3 Å². The first kappa shape index (κ1) is 21.5. The molecule has 0 aliphatic heterocycles. The zero-order valence-corrected chi connectivity index (χ0v) is 18.5. The van der Waals surface area contributed by atoms with Gasteiger partial charge in [-0.25, -0.2) is 4.21 Å². The van der Waals surface area contributed by atoms with Gasteiger partial charge in [0, 0.05) is 23.2 Å². The van der Waals surface area contributed by atoms with Crippen LogP contribution in [0.2, 0.25) is 0 Å². The van der Waals surface area contributed by atoms with E-state index in [1.807, 2.05) is 51.1 Å². The van der Waals surface area contributed by atoms with Crippen molar-refractivity contribution >= 4 is 27.6 Å². The van der Waals surface area contributed by atoms with E-state index in [2.05, 4.69) is 27.9 Å². The minimum Gasteiger partial charge on any atom is -0.496 e. The average molecular weight is 424 g/mol. The lowest BCUT2D eigenvalue weighted by Crippen LogP contribution is -2.04. The number of methoxy groups -OCH3 is 1. The molecule has 0 radical (unpaired) electrons. The summed E-state index contributed by atoms with van der Waals surface area (Å²) in [4.78, 5) is 5.25. The Labute approximate surface area is 178 Å². The lowest BCUT2D eigenvalue weighted by Gasteiger charge is -2.13. The molecule has 4 aromatic rings. The number of pyridine rings is 1. The van der Waals surface area contributed by atoms with Crippen LogP contribution >= 0.6 is 0 Å². The normalized spacial score (nSPS) is 11.5. The quantitative estimate of drug-likeness (QED) is 0.447. The summed E-state index contributed by atoms with van der Waals surface area (Å²) in [6, 6.07) is 13.3. The number of hydrogen-bond acceptors (Lipinski definition) is 5. The predicted octanol–water partition coefficient (Wildman–Crippen LogP) is 5.68. The van der Waals surface area contributed by atoms with E-state index in [9.17, 15) is 4.21 Å². The molecule has 1 atom stereocenters. The van der Waals surface area contributed by atoms with Crippen molar-refractivity contribution in [2.75, 3.05) is 11.8 Å². The van der Waals surface area contributed by atoms with E-state index in [0.717, 1.165) is 38.9 Å². The van der Waals surface area contributed by atoms with Crippen molar-refractivity contribution in [2.24, 2.45) is 0 Å². The Hall–Kier alpha value is -3.19. The largest absolute Gasteiger partial charge is 0.496 e. The molecule has 1 N–H and O–H groups in total. The van der Waals surface area contributed by atoms with Crippen LogP contribution in [-0.4, -0.2) is 21.5 Å². The molecule has 30 heavy (non-hydrogen) atoms. The zero-order chi connectivity index (χ0) is 21.7. The first-order valence-electron chi connectivity index (χ1n) is 9.70. The van der Waals surface area contributed by atoms with Gasteiger partial charge >= 0.3 is 0 Å². The van der Waals surface area contributed by atoms with Gasteiger partial charge in [0.15, 0.2) is 16.8 Å². The van der Waals surface area contributed by atoms with Crippen molar-refractivity contribution in [3.63, 3.8) is 0 Å². The lowest BCUT2D eigenvalue weighted by atomic mass is 9.98. The Balaban J connectivity index is 0.00000124. The maximum absolute atomic E-state index is 12.6. The van der Waals surface area contributed by atoms with Crippen LogP contribution in [0, 0.1) is 13.8 Å². The second kappa shape index (κ2) is 9.54. The topological polar surface area (TPSA) is 77.2 Å². The van der Waals surface area contributed by atoms with Gasteiger partial charge in [0.25, 0.3) is 0 Å². The molecule has 0 fully saturated rings. The standard InChI is InChI=1S/C21H19N3O3S.C2H6/c1-13-10-14(2)19(26-3)12-18(13)21-17-5-4-16(11-15(17)6-8-22-21)28(25)24-20-7-9-27-23-20;1-2/h4-12H,1-3H3,(H,23,24);1-2H3. The molecule has 2 aromatic heterocycles. The second-order valence-corrected chi connectivity index (χ2v) is 7.65. The molecular formula is C23H25N3O3S. The fourth-order valence-electron chi connectivity index (χ4n) is 3.21. The summed E-state index contributed by atoms with van der Waals surface area (Å²) in [5.41, 5.74) is 4.09. The maximum Gasteiger partial charge on any atom is 0.181 e. The Morgan fingerprint density at radius 1 is 1.03 bits per heavy atom. The van der Waals surface area contributed by atoms with Gasteiger partial charge < -0.3 is 9.26 Å². The molecule has 2 aromatic carbocycles. The van der Waals surface area contributed by atoms with Crippen LogP contribution in [0.5, 0.6) is 5.75 Å². The van der Waals surface area contributed by atoms with E-state index in [1.165, 1.54) is 6.26 Å². The Morgan fingerprint density at radius 2 is 1.83 bits per heavy atom. The number of fused-ring (bicyclic) bond motifs is 1. The van der Waals surface area contributed by atoms with Crippen LogP contribution in [0.4, 0.5) is 5.82 Å². The summed E-state index contributed by atoms with van der Waals surface area (Å²) in [6.07, 6.45) is 3.19. The van der Waals surface area contributed by atoms with Crippen LogP contribution in [0.25, 0.3) is 22.0 Å². The summed E-state index contributed by atoms with van der Waals surface area (Å²) >= 11 is 0. The van der Waals surface area contributed by atoms with E-state index in [1.54, 1.807) is 19.4 Å². The number of nitrogens with one attached hydrogen (secondary N) is 1. The van der Waals surface area contributed by atoms with Gasteiger partial charge in [-0.05, 0) is 54.6 Å².